The molecule has 6 nitrogen and oxygen atoms in total. The number of halogens is 2. The molecule has 3 rings (SSSR count). The van der Waals surface area contributed by atoms with E-state index in [1.165, 1.54) is 0 Å². The molecule has 0 unspecified atom stereocenters. The van der Waals surface area contributed by atoms with Crippen molar-refractivity contribution >= 4 is 5.91 Å². The van der Waals surface area contributed by atoms with Gasteiger partial charge in [0.15, 0.2) is 17.3 Å². The minimum atomic E-state index is -1.22. The average Bonchev–Trinajstić information content (AvgIpc) is 3.10. The Balaban J connectivity index is 1.74. The van der Waals surface area contributed by atoms with Gasteiger partial charge in [-0.3, -0.25) is 4.79 Å². The van der Waals surface area contributed by atoms with Crippen molar-refractivity contribution in [2.75, 3.05) is 7.11 Å². The number of carbonyl (C=O) groups excluding carboxylic acids is 1. The Kier molecular flexibility index (Phi) is 4.83. The predicted octanol–water partition coefficient (Wildman–Crippen LogP) is 3.31. The van der Waals surface area contributed by atoms with Crippen molar-refractivity contribution in [3.05, 3.63) is 65.4 Å². The summed E-state index contributed by atoms with van der Waals surface area (Å²) in [5.41, 5.74) is 5.47. The number of carbonyl (C=O) groups is 1. The molecule has 0 saturated heterocycles. The zero-order valence-electron chi connectivity index (χ0n) is 13.7. The molecule has 1 amide bonds. The van der Waals surface area contributed by atoms with E-state index in [-0.39, 0.29) is 12.4 Å². The molecular formula is C18H14F2N2O4. The van der Waals surface area contributed by atoms with Gasteiger partial charge in [0.1, 0.15) is 29.4 Å². The highest BCUT2D eigenvalue weighted by Crippen LogP contribution is 2.25. The molecule has 1 heterocycles. The number of methoxy groups -OCH3 is 1. The van der Waals surface area contributed by atoms with Gasteiger partial charge in [0.05, 0.1) is 7.11 Å². The normalized spacial score (nSPS) is 10.6. The Morgan fingerprint density at radius 1 is 1.19 bits per heavy atom. The first-order chi connectivity index (χ1) is 12.5. The van der Waals surface area contributed by atoms with Crippen molar-refractivity contribution in [1.82, 2.24) is 5.16 Å². The molecule has 0 aliphatic heterocycles. The maximum Gasteiger partial charge on any atom is 0.254 e. The van der Waals surface area contributed by atoms with Crippen molar-refractivity contribution < 1.29 is 27.6 Å². The minimum Gasteiger partial charge on any atom is -0.497 e. The largest absolute Gasteiger partial charge is 0.497 e. The summed E-state index contributed by atoms with van der Waals surface area (Å²) in [4.78, 5) is 11.1. The summed E-state index contributed by atoms with van der Waals surface area (Å²) >= 11 is 0. The number of primary amides is 1. The summed E-state index contributed by atoms with van der Waals surface area (Å²) in [5, 5.41) is 3.91. The summed E-state index contributed by atoms with van der Waals surface area (Å²) < 4.78 is 43.0. The van der Waals surface area contributed by atoms with E-state index in [4.69, 9.17) is 19.7 Å². The topological polar surface area (TPSA) is 87.6 Å². The van der Waals surface area contributed by atoms with Crippen LogP contribution in [0.4, 0.5) is 8.78 Å². The second-order valence-electron chi connectivity index (χ2n) is 5.29. The summed E-state index contributed by atoms with van der Waals surface area (Å²) in [6, 6.07) is 10.8. The Morgan fingerprint density at radius 2 is 1.92 bits per heavy atom. The van der Waals surface area contributed by atoms with E-state index in [0.29, 0.717) is 17.2 Å². The fraction of sp³-hybridized carbons (Fsp3) is 0.111. The van der Waals surface area contributed by atoms with Crippen LogP contribution in [0.2, 0.25) is 0 Å². The maximum atomic E-state index is 14.1. The SMILES string of the molecule is COc1ccc(-c2cc(COc3ccc(F)c(C(N)=O)c3F)on2)cc1. The molecule has 2 aromatic carbocycles. The van der Waals surface area contributed by atoms with Crippen LogP contribution >= 0.6 is 0 Å². The molecule has 134 valence electrons. The number of hydrogen-bond donors (Lipinski definition) is 1. The fourth-order valence-corrected chi connectivity index (χ4v) is 2.30. The molecule has 1 aromatic heterocycles. The Morgan fingerprint density at radius 3 is 2.58 bits per heavy atom. The van der Waals surface area contributed by atoms with Gasteiger partial charge in [0, 0.05) is 11.6 Å². The van der Waals surface area contributed by atoms with Crippen LogP contribution in [0.1, 0.15) is 16.1 Å². The van der Waals surface area contributed by atoms with Crippen molar-refractivity contribution in [3.8, 4) is 22.8 Å². The van der Waals surface area contributed by atoms with Crippen molar-refractivity contribution in [3.63, 3.8) is 0 Å². The first-order valence-corrected chi connectivity index (χ1v) is 7.50. The van der Waals surface area contributed by atoms with E-state index in [9.17, 15) is 13.6 Å². The van der Waals surface area contributed by atoms with E-state index in [1.807, 2.05) is 0 Å². The van der Waals surface area contributed by atoms with E-state index in [2.05, 4.69) is 5.16 Å². The zero-order valence-corrected chi connectivity index (χ0v) is 13.7. The van der Waals surface area contributed by atoms with Crippen LogP contribution in [-0.4, -0.2) is 18.2 Å². The number of rotatable bonds is 6. The van der Waals surface area contributed by atoms with Crippen molar-refractivity contribution in [1.29, 1.82) is 0 Å². The van der Waals surface area contributed by atoms with Crippen LogP contribution in [0.3, 0.4) is 0 Å². The van der Waals surface area contributed by atoms with Gasteiger partial charge in [0.25, 0.3) is 5.91 Å². The standard InChI is InChI=1S/C18H14F2N2O4/c1-24-11-4-2-10(3-5-11)14-8-12(26-22-14)9-25-15-7-6-13(19)16(17(15)20)18(21)23/h2-8H,9H2,1H3,(H2,21,23). The molecule has 0 saturated carbocycles. The van der Waals surface area contributed by atoms with E-state index < -0.39 is 23.1 Å². The number of amides is 1. The monoisotopic (exact) mass is 360 g/mol. The second kappa shape index (κ2) is 7.22. The number of aromatic nitrogens is 1. The summed E-state index contributed by atoms with van der Waals surface area (Å²) in [6.45, 7) is -0.163. The van der Waals surface area contributed by atoms with Gasteiger partial charge in [0.2, 0.25) is 0 Å². The van der Waals surface area contributed by atoms with Gasteiger partial charge in [-0.25, -0.2) is 8.78 Å². The van der Waals surface area contributed by atoms with Crippen LogP contribution in [0.5, 0.6) is 11.5 Å². The lowest BCUT2D eigenvalue weighted by atomic mass is 10.1. The lowest BCUT2D eigenvalue weighted by Gasteiger charge is -2.08. The molecule has 8 heteroatoms. The quantitative estimate of drug-likeness (QED) is 0.729. The fourth-order valence-electron chi connectivity index (χ4n) is 2.30. The summed E-state index contributed by atoms with van der Waals surface area (Å²) in [6.07, 6.45) is 0. The van der Waals surface area contributed by atoms with Gasteiger partial charge < -0.3 is 19.7 Å². The van der Waals surface area contributed by atoms with E-state index >= 15 is 0 Å². The lowest BCUT2D eigenvalue weighted by Crippen LogP contribution is -2.16. The van der Waals surface area contributed by atoms with Crippen LogP contribution in [-0.2, 0) is 6.61 Å². The minimum absolute atomic E-state index is 0.163. The van der Waals surface area contributed by atoms with Gasteiger partial charge in [-0.15, -0.1) is 0 Å². The molecular weight excluding hydrogens is 346 g/mol. The van der Waals surface area contributed by atoms with Gasteiger partial charge >= 0.3 is 0 Å². The molecule has 0 aliphatic rings. The highest BCUT2D eigenvalue weighted by Gasteiger charge is 2.19. The molecule has 2 N–H and O–H groups in total. The number of ether oxygens (including phenoxy) is 2. The number of benzene rings is 2. The zero-order chi connectivity index (χ0) is 18.7. The number of nitrogens with zero attached hydrogens (tertiary/aromatic N) is 1. The Bertz CT molecular complexity index is 939. The third-order valence-electron chi connectivity index (χ3n) is 3.62. The third kappa shape index (κ3) is 3.49. The van der Waals surface area contributed by atoms with E-state index in [1.54, 1.807) is 37.4 Å². The smallest absolute Gasteiger partial charge is 0.254 e. The molecule has 0 aliphatic carbocycles. The Labute approximate surface area is 147 Å². The number of nitrogens with two attached hydrogens (primary N) is 1. The number of hydrogen-bond acceptors (Lipinski definition) is 5. The molecule has 26 heavy (non-hydrogen) atoms. The van der Waals surface area contributed by atoms with Gasteiger partial charge in [-0.2, -0.15) is 0 Å². The van der Waals surface area contributed by atoms with Crippen molar-refractivity contribution in [2.45, 2.75) is 6.61 Å². The lowest BCUT2D eigenvalue weighted by molar-refractivity contribution is 0.0991. The van der Waals surface area contributed by atoms with Crippen LogP contribution in [0.15, 0.2) is 47.0 Å². The highest BCUT2D eigenvalue weighted by molar-refractivity contribution is 5.93. The molecule has 3 aromatic rings. The van der Waals surface area contributed by atoms with Crippen molar-refractivity contribution in [2.24, 2.45) is 5.73 Å². The Hall–Kier alpha value is -3.42. The van der Waals surface area contributed by atoms with Crippen LogP contribution in [0, 0.1) is 11.6 Å². The molecule has 0 fully saturated rings. The third-order valence-corrected chi connectivity index (χ3v) is 3.62. The molecule has 0 atom stereocenters. The molecule has 0 radical (unpaired) electrons. The summed E-state index contributed by atoms with van der Waals surface area (Å²) in [7, 11) is 1.57. The first kappa shape index (κ1) is 17.4. The second-order valence-corrected chi connectivity index (χ2v) is 5.29. The average molecular weight is 360 g/mol. The van der Waals surface area contributed by atoms with E-state index in [0.717, 1.165) is 17.7 Å². The van der Waals surface area contributed by atoms with Gasteiger partial charge in [-0.05, 0) is 36.4 Å². The van der Waals surface area contributed by atoms with Crippen LogP contribution < -0.4 is 15.2 Å². The highest BCUT2D eigenvalue weighted by atomic mass is 19.1. The van der Waals surface area contributed by atoms with Gasteiger partial charge in [-0.1, -0.05) is 5.16 Å². The maximum absolute atomic E-state index is 14.1. The first-order valence-electron chi connectivity index (χ1n) is 7.50. The van der Waals surface area contributed by atoms with Crippen LogP contribution in [0.25, 0.3) is 11.3 Å². The predicted molar refractivity (Wildman–Crippen MR) is 87.7 cm³/mol. The summed E-state index contributed by atoms with van der Waals surface area (Å²) in [5.74, 6) is -2.72. The molecule has 0 spiro atoms. The molecule has 0 bridgehead atoms.